The van der Waals surface area contributed by atoms with Gasteiger partial charge in [-0.3, -0.25) is 4.57 Å². The van der Waals surface area contributed by atoms with Crippen molar-refractivity contribution >= 4 is 43.6 Å². The van der Waals surface area contributed by atoms with Crippen molar-refractivity contribution in [2.24, 2.45) is 0 Å². The van der Waals surface area contributed by atoms with Gasteiger partial charge < -0.3 is 4.57 Å². The van der Waals surface area contributed by atoms with Crippen LogP contribution in [0, 0.1) is 0 Å². The van der Waals surface area contributed by atoms with E-state index >= 15 is 0 Å². The fraction of sp³-hybridized carbons (Fsp3) is 0. The minimum atomic E-state index is 0.541. The highest BCUT2D eigenvalue weighted by Gasteiger charge is 2.23. The molecule has 318 valence electrons. The van der Waals surface area contributed by atoms with Gasteiger partial charge in [0.25, 0.3) is 0 Å². The van der Waals surface area contributed by atoms with Gasteiger partial charge in [0, 0.05) is 32.7 Å². The number of rotatable bonds is 8. The monoisotopic (exact) mass is 867 g/mol. The summed E-state index contributed by atoms with van der Waals surface area (Å²) in [7, 11) is 0. The van der Waals surface area contributed by atoms with E-state index in [0.717, 1.165) is 94.2 Å². The average molecular weight is 868 g/mol. The summed E-state index contributed by atoms with van der Waals surface area (Å²) in [5, 5.41) is 4.58. The predicted molar refractivity (Wildman–Crippen MR) is 281 cm³/mol. The molecule has 10 aromatic carbocycles. The second kappa shape index (κ2) is 16.4. The minimum absolute atomic E-state index is 0.541. The number of fused-ring (bicyclic) bond motifs is 6. The quantitative estimate of drug-likeness (QED) is 0.153. The molecule has 3 heterocycles. The number of benzene rings is 10. The van der Waals surface area contributed by atoms with Crippen LogP contribution in [0.1, 0.15) is 0 Å². The Morgan fingerprint density at radius 3 is 0.956 bits per heavy atom. The topological polar surface area (TPSA) is 48.5 Å². The summed E-state index contributed by atoms with van der Waals surface area (Å²) in [5.74, 6) is 1.71. The van der Waals surface area contributed by atoms with Crippen LogP contribution in [0.3, 0.4) is 0 Å². The standard InChI is InChI=1S/C63H41N5/c1-6-18-42(19-7-1)47-30-34-51-52-35-31-48(43-20-8-2-9-21-43)39-58(52)67(57(51)38-47)56-29-17-16-28-55(56)62-64-61(46-26-14-5-15-27-46)65-63(66-62)68-59-40-49(44-22-10-3-11-23-44)32-36-53(59)54-37-33-50(41-60(54)68)45-24-12-4-13-25-45/h1-41H. The Balaban J connectivity index is 1.10. The van der Waals surface area contributed by atoms with E-state index in [2.05, 4.69) is 240 Å². The lowest BCUT2D eigenvalue weighted by molar-refractivity contribution is 0.952. The van der Waals surface area contributed by atoms with Crippen molar-refractivity contribution < 1.29 is 0 Å². The van der Waals surface area contributed by atoms with Crippen LogP contribution in [0.2, 0.25) is 0 Å². The maximum Gasteiger partial charge on any atom is 0.238 e. The third kappa shape index (κ3) is 6.76. The van der Waals surface area contributed by atoms with Gasteiger partial charge in [0.05, 0.1) is 27.8 Å². The summed E-state index contributed by atoms with van der Waals surface area (Å²) < 4.78 is 4.64. The molecule has 3 aromatic heterocycles. The molecule has 5 nitrogen and oxygen atoms in total. The highest BCUT2D eigenvalue weighted by Crippen LogP contribution is 2.41. The lowest BCUT2D eigenvalue weighted by atomic mass is 10.0. The Labute approximate surface area is 393 Å². The lowest BCUT2D eigenvalue weighted by Crippen LogP contribution is -2.08. The number of para-hydroxylation sites is 1. The zero-order valence-electron chi connectivity index (χ0n) is 36.9. The van der Waals surface area contributed by atoms with Crippen molar-refractivity contribution in [2.75, 3.05) is 0 Å². The molecule has 0 unspecified atom stereocenters. The van der Waals surface area contributed by atoms with E-state index in [9.17, 15) is 0 Å². The molecular formula is C63H41N5. The van der Waals surface area contributed by atoms with E-state index < -0.39 is 0 Å². The molecule has 5 heteroatoms. The molecule has 0 amide bonds. The fourth-order valence-corrected chi connectivity index (χ4v) is 9.91. The number of hydrogen-bond acceptors (Lipinski definition) is 3. The number of nitrogens with zero attached hydrogens (tertiary/aromatic N) is 5. The first-order chi connectivity index (χ1) is 33.7. The molecule has 0 atom stereocenters. The maximum absolute atomic E-state index is 5.57. The summed E-state index contributed by atoms with van der Waals surface area (Å²) in [6.45, 7) is 0. The van der Waals surface area contributed by atoms with Gasteiger partial charge >= 0.3 is 0 Å². The third-order valence-corrected chi connectivity index (χ3v) is 13.2. The summed E-state index contributed by atoms with van der Waals surface area (Å²) in [6.07, 6.45) is 0. The van der Waals surface area contributed by atoms with Crippen molar-refractivity contribution in [3.63, 3.8) is 0 Å². The second-order valence-electron chi connectivity index (χ2n) is 17.2. The number of aromatic nitrogens is 5. The number of hydrogen-bond donors (Lipinski definition) is 0. The smallest absolute Gasteiger partial charge is 0.238 e. The molecule has 13 rings (SSSR count). The molecular weight excluding hydrogens is 827 g/mol. The molecule has 68 heavy (non-hydrogen) atoms. The Morgan fingerprint density at radius 2 is 0.559 bits per heavy atom. The Bertz CT molecular complexity index is 3800. The SMILES string of the molecule is c1ccc(-c2ccc3c4ccc(-c5ccccc5)cc4n(-c4nc(-c5ccccc5)nc(-c5ccccc5-n5c6cc(-c7ccccc7)ccc6c6ccc(-c7ccccc7)cc65)n4)c3c2)cc1. The van der Waals surface area contributed by atoms with Crippen LogP contribution in [0.5, 0.6) is 0 Å². The van der Waals surface area contributed by atoms with Gasteiger partial charge in [0.15, 0.2) is 11.6 Å². The normalized spacial score (nSPS) is 11.5. The van der Waals surface area contributed by atoms with Crippen LogP contribution in [0.15, 0.2) is 249 Å². The molecule has 0 spiro atoms. The predicted octanol–water partition coefficient (Wildman–Crippen LogP) is 16.1. The molecule has 0 saturated heterocycles. The molecule has 0 fully saturated rings. The van der Waals surface area contributed by atoms with E-state index in [-0.39, 0.29) is 0 Å². The van der Waals surface area contributed by atoms with Gasteiger partial charge in [-0.25, -0.2) is 4.98 Å². The summed E-state index contributed by atoms with van der Waals surface area (Å²) in [5.41, 5.74) is 16.1. The first-order valence-corrected chi connectivity index (χ1v) is 23.0. The van der Waals surface area contributed by atoms with Crippen LogP contribution >= 0.6 is 0 Å². The van der Waals surface area contributed by atoms with Gasteiger partial charge in [0.2, 0.25) is 5.95 Å². The van der Waals surface area contributed by atoms with Gasteiger partial charge in [0.1, 0.15) is 0 Å². The highest BCUT2D eigenvalue weighted by molar-refractivity contribution is 6.12. The lowest BCUT2D eigenvalue weighted by Gasteiger charge is -2.16. The summed E-state index contributed by atoms with van der Waals surface area (Å²) in [6, 6.07) is 88.3. The zero-order valence-corrected chi connectivity index (χ0v) is 36.9. The Morgan fingerprint density at radius 1 is 0.235 bits per heavy atom. The van der Waals surface area contributed by atoms with Crippen LogP contribution in [-0.4, -0.2) is 24.1 Å². The average Bonchev–Trinajstić information content (AvgIpc) is 3.93. The van der Waals surface area contributed by atoms with E-state index in [1.807, 2.05) is 18.2 Å². The largest absolute Gasteiger partial charge is 0.308 e. The first-order valence-electron chi connectivity index (χ1n) is 23.0. The van der Waals surface area contributed by atoms with Crippen molar-refractivity contribution in [3.8, 4) is 78.9 Å². The Hall–Kier alpha value is -9.19. The molecule has 0 aliphatic heterocycles. The minimum Gasteiger partial charge on any atom is -0.308 e. The molecule has 0 aliphatic carbocycles. The first kappa shape index (κ1) is 39.2. The zero-order chi connectivity index (χ0) is 45.0. The molecule has 0 N–H and O–H groups in total. The van der Waals surface area contributed by atoms with Crippen LogP contribution < -0.4 is 0 Å². The molecule has 0 radical (unpaired) electrons. The summed E-state index contributed by atoms with van der Waals surface area (Å²) >= 11 is 0. The highest BCUT2D eigenvalue weighted by atomic mass is 15.2. The summed E-state index contributed by atoms with van der Waals surface area (Å²) in [4.78, 5) is 16.3. The van der Waals surface area contributed by atoms with Gasteiger partial charge in [-0.15, -0.1) is 0 Å². The molecule has 0 aliphatic rings. The van der Waals surface area contributed by atoms with Crippen LogP contribution in [-0.2, 0) is 0 Å². The van der Waals surface area contributed by atoms with Crippen molar-refractivity contribution in [1.29, 1.82) is 0 Å². The second-order valence-corrected chi connectivity index (χ2v) is 17.2. The van der Waals surface area contributed by atoms with Crippen molar-refractivity contribution in [1.82, 2.24) is 24.1 Å². The van der Waals surface area contributed by atoms with Crippen LogP contribution in [0.25, 0.3) is 123 Å². The molecule has 0 saturated carbocycles. The van der Waals surface area contributed by atoms with Crippen molar-refractivity contribution in [2.45, 2.75) is 0 Å². The van der Waals surface area contributed by atoms with Gasteiger partial charge in [-0.2, -0.15) is 9.97 Å². The van der Waals surface area contributed by atoms with E-state index in [1.165, 1.54) is 10.8 Å². The van der Waals surface area contributed by atoms with Gasteiger partial charge in [-0.1, -0.05) is 212 Å². The van der Waals surface area contributed by atoms with E-state index in [0.29, 0.717) is 17.6 Å². The van der Waals surface area contributed by atoms with Crippen LogP contribution in [0.4, 0.5) is 0 Å². The maximum atomic E-state index is 5.57. The molecule has 13 aromatic rings. The molecule has 0 bridgehead atoms. The van der Waals surface area contributed by atoms with Crippen molar-refractivity contribution in [3.05, 3.63) is 249 Å². The van der Waals surface area contributed by atoms with E-state index in [4.69, 9.17) is 15.0 Å². The van der Waals surface area contributed by atoms with Gasteiger partial charge in [-0.05, 0) is 80.9 Å². The fourth-order valence-electron chi connectivity index (χ4n) is 9.91. The van der Waals surface area contributed by atoms with E-state index in [1.54, 1.807) is 0 Å². The third-order valence-electron chi connectivity index (χ3n) is 13.2. The Kier molecular flexibility index (Phi) is 9.43.